The summed E-state index contributed by atoms with van der Waals surface area (Å²) in [5.74, 6) is 1.20. The first-order valence-corrected chi connectivity index (χ1v) is 15.9. The lowest BCUT2D eigenvalue weighted by Crippen LogP contribution is -2.03. The van der Waals surface area contributed by atoms with Crippen LogP contribution in [-0.4, -0.2) is 26.3 Å². The fourth-order valence-electron chi connectivity index (χ4n) is 4.64. The van der Waals surface area contributed by atoms with Gasteiger partial charge in [-0.15, -0.1) is 0 Å². The highest BCUT2D eigenvalue weighted by Gasteiger charge is 2.07. The maximum Gasteiger partial charge on any atom is 0.330 e. The molecule has 1 aromatic rings. The Morgan fingerprint density at radius 3 is 1.47 bits per heavy atom. The van der Waals surface area contributed by atoms with Gasteiger partial charge in [0.15, 0.2) is 11.5 Å². The Morgan fingerprint density at radius 2 is 1.03 bits per heavy atom. The minimum Gasteiger partial charge on any atom is -0.490 e. The molecule has 218 valence electrons. The average molecular weight is 531 g/mol. The predicted molar refractivity (Wildman–Crippen MR) is 162 cm³/mol. The van der Waals surface area contributed by atoms with Crippen LogP contribution in [0.5, 0.6) is 11.5 Å². The third kappa shape index (κ3) is 19.2. The SMILES string of the molecule is CCCCCCCCCCCCOc1ccc(C=CC(=O)OC)cc1OCCCCCCCCCCCC. The molecule has 0 unspecified atom stereocenters. The van der Waals surface area contributed by atoms with Crippen LogP contribution >= 0.6 is 0 Å². The van der Waals surface area contributed by atoms with Crippen molar-refractivity contribution in [3.63, 3.8) is 0 Å². The van der Waals surface area contributed by atoms with Gasteiger partial charge in [0.05, 0.1) is 20.3 Å². The summed E-state index contributed by atoms with van der Waals surface area (Å²) in [5.41, 5.74) is 0.903. The first-order valence-electron chi connectivity index (χ1n) is 15.9. The highest BCUT2D eigenvalue weighted by atomic mass is 16.5. The van der Waals surface area contributed by atoms with Crippen molar-refractivity contribution >= 4 is 12.0 Å². The molecule has 0 amide bonds. The van der Waals surface area contributed by atoms with E-state index in [9.17, 15) is 4.79 Å². The van der Waals surface area contributed by atoms with E-state index in [1.807, 2.05) is 18.2 Å². The lowest BCUT2D eigenvalue weighted by Gasteiger charge is -2.14. The molecular formula is C34H58O4. The summed E-state index contributed by atoms with van der Waals surface area (Å²) in [6.07, 6.45) is 29.4. The zero-order valence-electron chi connectivity index (χ0n) is 25.1. The van der Waals surface area contributed by atoms with E-state index in [0.29, 0.717) is 13.2 Å². The van der Waals surface area contributed by atoms with Crippen molar-refractivity contribution < 1.29 is 19.0 Å². The summed E-state index contributed by atoms with van der Waals surface area (Å²) in [6, 6.07) is 5.88. The molecule has 0 saturated carbocycles. The van der Waals surface area contributed by atoms with Gasteiger partial charge in [-0.3, -0.25) is 0 Å². The smallest absolute Gasteiger partial charge is 0.330 e. The molecule has 38 heavy (non-hydrogen) atoms. The molecule has 0 saturated heterocycles. The van der Waals surface area contributed by atoms with Crippen molar-refractivity contribution in [1.29, 1.82) is 0 Å². The van der Waals surface area contributed by atoms with Gasteiger partial charge in [0.1, 0.15) is 0 Å². The molecule has 4 heteroatoms. The number of hydrogen-bond acceptors (Lipinski definition) is 4. The van der Waals surface area contributed by atoms with Gasteiger partial charge in [0, 0.05) is 6.08 Å². The van der Waals surface area contributed by atoms with Crippen molar-refractivity contribution in [2.75, 3.05) is 20.3 Å². The van der Waals surface area contributed by atoms with Crippen LogP contribution in [0.25, 0.3) is 6.08 Å². The Balaban J connectivity index is 2.36. The second kappa shape index (κ2) is 25.3. The van der Waals surface area contributed by atoms with Crippen LogP contribution in [0, 0.1) is 0 Å². The first kappa shape index (κ1) is 34.1. The molecule has 0 heterocycles. The quantitative estimate of drug-likeness (QED) is 0.0679. The normalized spacial score (nSPS) is 11.2. The summed E-state index contributed by atoms with van der Waals surface area (Å²) in [4.78, 5) is 11.5. The van der Waals surface area contributed by atoms with E-state index >= 15 is 0 Å². The van der Waals surface area contributed by atoms with Gasteiger partial charge in [-0.2, -0.15) is 0 Å². The molecule has 0 aliphatic rings. The van der Waals surface area contributed by atoms with E-state index in [1.165, 1.54) is 129 Å². The number of esters is 1. The van der Waals surface area contributed by atoms with Crippen molar-refractivity contribution in [2.45, 2.75) is 142 Å². The molecular weight excluding hydrogens is 472 g/mol. The monoisotopic (exact) mass is 530 g/mol. The molecule has 0 spiro atoms. The second-order valence-corrected chi connectivity index (χ2v) is 10.6. The molecule has 0 fully saturated rings. The Bertz CT molecular complexity index is 712. The fourth-order valence-corrected chi connectivity index (χ4v) is 4.64. The fraction of sp³-hybridized carbons (Fsp3) is 0.735. The van der Waals surface area contributed by atoms with Gasteiger partial charge in [-0.25, -0.2) is 4.79 Å². The summed E-state index contributed by atoms with van der Waals surface area (Å²) in [7, 11) is 1.39. The number of hydrogen-bond donors (Lipinski definition) is 0. The molecule has 0 aliphatic carbocycles. The van der Waals surface area contributed by atoms with E-state index < -0.39 is 0 Å². The third-order valence-corrected chi connectivity index (χ3v) is 7.09. The minimum atomic E-state index is -0.362. The number of carbonyl (C=O) groups is 1. The average Bonchev–Trinajstić information content (AvgIpc) is 2.94. The minimum absolute atomic E-state index is 0.362. The first-order chi connectivity index (χ1) is 18.7. The van der Waals surface area contributed by atoms with Gasteiger partial charge in [-0.1, -0.05) is 135 Å². The van der Waals surface area contributed by atoms with Crippen LogP contribution in [0.1, 0.15) is 148 Å². The van der Waals surface area contributed by atoms with Gasteiger partial charge < -0.3 is 14.2 Å². The zero-order chi connectivity index (χ0) is 27.5. The molecule has 0 radical (unpaired) electrons. The topological polar surface area (TPSA) is 44.8 Å². The number of benzene rings is 1. The van der Waals surface area contributed by atoms with Crippen LogP contribution in [0.15, 0.2) is 24.3 Å². The Hall–Kier alpha value is -1.97. The van der Waals surface area contributed by atoms with E-state index in [2.05, 4.69) is 13.8 Å². The summed E-state index contributed by atoms with van der Waals surface area (Å²) in [5, 5.41) is 0. The molecule has 0 bridgehead atoms. The number of methoxy groups -OCH3 is 1. The largest absolute Gasteiger partial charge is 0.490 e. The van der Waals surface area contributed by atoms with Crippen LogP contribution in [0.2, 0.25) is 0 Å². The summed E-state index contributed by atoms with van der Waals surface area (Å²) < 4.78 is 17.0. The predicted octanol–water partition coefficient (Wildman–Crippen LogP) is 10.5. The van der Waals surface area contributed by atoms with E-state index in [0.717, 1.165) is 29.9 Å². The number of rotatable bonds is 26. The van der Waals surface area contributed by atoms with Crippen LogP contribution in [0.3, 0.4) is 0 Å². The molecule has 1 rings (SSSR count). The van der Waals surface area contributed by atoms with Crippen LogP contribution < -0.4 is 9.47 Å². The Morgan fingerprint density at radius 1 is 0.605 bits per heavy atom. The van der Waals surface area contributed by atoms with Gasteiger partial charge >= 0.3 is 5.97 Å². The van der Waals surface area contributed by atoms with Crippen LogP contribution in [-0.2, 0) is 9.53 Å². The molecule has 0 aromatic heterocycles. The van der Waals surface area contributed by atoms with Gasteiger partial charge in [-0.05, 0) is 36.6 Å². The van der Waals surface area contributed by atoms with Crippen molar-refractivity contribution in [2.24, 2.45) is 0 Å². The maximum absolute atomic E-state index is 11.5. The molecule has 4 nitrogen and oxygen atoms in total. The highest BCUT2D eigenvalue weighted by Crippen LogP contribution is 2.30. The lowest BCUT2D eigenvalue weighted by molar-refractivity contribution is -0.134. The molecule has 0 aliphatic heterocycles. The maximum atomic E-state index is 11.5. The number of ether oxygens (including phenoxy) is 3. The third-order valence-electron chi connectivity index (χ3n) is 7.09. The van der Waals surface area contributed by atoms with Crippen LogP contribution in [0.4, 0.5) is 0 Å². The molecule has 0 atom stereocenters. The van der Waals surface area contributed by atoms with E-state index in [1.54, 1.807) is 6.08 Å². The van der Waals surface area contributed by atoms with E-state index in [-0.39, 0.29) is 5.97 Å². The zero-order valence-corrected chi connectivity index (χ0v) is 25.1. The van der Waals surface area contributed by atoms with Gasteiger partial charge in [0.25, 0.3) is 0 Å². The van der Waals surface area contributed by atoms with E-state index in [4.69, 9.17) is 14.2 Å². The number of unbranched alkanes of at least 4 members (excludes halogenated alkanes) is 18. The standard InChI is InChI=1S/C34H58O4/c1-4-6-8-10-12-14-16-18-20-22-28-37-32-26-24-31(25-27-34(35)36-3)30-33(32)38-29-23-21-19-17-15-13-11-9-7-5-2/h24-27,30H,4-23,28-29H2,1-3H3. The summed E-state index contributed by atoms with van der Waals surface area (Å²) >= 11 is 0. The molecule has 0 N–H and O–H groups in total. The highest BCUT2D eigenvalue weighted by molar-refractivity contribution is 5.87. The second-order valence-electron chi connectivity index (χ2n) is 10.6. The van der Waals surface area contributed by atoms with Crippen molar-refractivity contribution in [1.82, 2.24) is 0 Å². The Labute approximate surface area is 234 Å². The van der Waals surface area contributed by atoms with Crippen molar-refractivity contribution in [3.05, 3.63) is 29.8 Å². The summed E-state index contributed by atoms with van der Waals surface area (Å²) in [6.45, 7) is 5.94. The Kier molecular flexibility index (Phi) is 22.7. The van der Waals surface area contributed by atoms with Gasteiger partial charge in [0.2, 0.25) is 0 Å². The lowest BCUT2D eigenvalue weighted by atomic mass is 10.1. The number of carbonyl (C=O) groups excluding carboxylic acids is 1. The van der Waals surface area contributed by atoms with Crippen molar-refractivity contribution in [3.8, 4) is 11.5 Å². The molecule has 1 aromatic carbocycles.